The first-order chi connectivity index (χ1) is 8.70. The van der Waals surface area contributed by atoms with Crippen LogP contribution in [-0.4, -0.2) is 27.5 Å². The van der Waals surface area contributed by atoms with Gasteiger partial charge in [0.25, 0.3) is 0 Å². The molecule has 1 aromatic heterocycles. The Morgan fingerprint density at radius 1 is 1.50 bits per heavy atom. The summed E-state index contributed by atoms with van der Waals surface area (Å²) in [5.41, 5.74) is 6.55. The highest BCUT2D eigenvalue weighted by molar-refractivity contribution is 5.38. The Morgan fingerprint density at radius 2 is 2.28 bits per heavy atom. The van der Waals surface area contributed by atoms with Gasteiger partial charge in [-0.05, 0) is 31.6 Å². The van der Waals surface area contributed by atoms with Crippen LogP contribution in [0.25, 0.3) is 0 Å². The number of nitrogens with zero attached hydrogens (tertiary/aromatic N) is 1. The number of nitrogens with two attached hydrogens (primary N) is 1. The van der Waals surface area contributed by atoms with Crippen LogP contribution < -0.4 is 5.73 Å². The standard InChI is InChI=1S/C13H21N3O2/c14-12-10(8-15-16-12)11(17)9-3-6-18-13(7-9)4-1-2-5-13/h8-9,11,17H,1-7H2,(H3,14,15,16). The van der Waals surface area contributed by atoms with Crippen LogP contribution in [0.3, 0.4) is 0 Å². The van der Waals surface area contributed by atoms with Crippen LogP contribution in [0.15, 0.2) is 6.20 Å². The average molecular weight is 251 g/mol. The second-order valence-corrected chi connectivity index (χ2v) is 5.68. The van der Waals surface area contributed by atoms with Gasteiger partial charge in [-0.15, -0.1) is 0 Å². The number of hydrogen-bond donors (Lipinski definition) is 3. The molecule has 1 aromatic rings. The number of anilines is 1. The number of hydrogen-bond acceptors (Lipinski definition) is 4. The Kier molecular flexibility index (Phi) is 3.03. The maximum atomic E-state index is 10.5. The van der Waals surface area contributed by atoms with E-state index in [4.69, 9.17) is 10.5 Å². The lowest BCUT2D eigenvalue weighted by Crippen LogP contribution is -2.39. The number of aliphatic hydroxyl groups is 1. The minimum Gasteiger partial charge on any atom is -0.388 e. The van der Waals surface area contributed by atoms with Gasteiger partial charge in [-0.25, -0.2) is 0 Å². The maximum Gasteiger partial charge on any atom is 0.124 e. The van der Waals surface area contributed by atoms with E-state index < -0.39 is 6.10 Å². The van der Waals surface area contributed by atoms with Crippen molar-refractivity contribution in [3.05, 3.63) is 11.8 Å². The van der Waals surface area contributed by atoms with Gasteiger partial charge < -0.3 is 15.6 Å². The van der Waals surface area contributed by atoms with Crippen LogP contribution in [0.2, 0.25) is 0 Å². The number of aromatic amines is 1. The third-order valence-electron chi connectivity index (χ3n) is 4.51. The summed E-state index contributed by atoms with van der Waals surface area (Å²) in [6.45, 7) is 0.749. The minimum atomic E-state index is -0.523. The third-order valence-corrected chi connectivity index (χ3v) is 4.51. The van der Waals surface area contributed by atoms with Crippen molar-refractivity contribution >= 4 is 5.82 Å². The molecule has 1 spiro atoms. The van der Waals surface area contributed by atoms with Crippen molar-refractivity contribution in [3.8, 4) is 0 Å². The summed E-state index contributed by atoms with van der Waals surface area (Å²) in [6, 6.07) is 0. The van der Waals surface area contributed by atoms with Gasteiger partial charge in [0.15, 0.2) is 0 Å². The molecule has 2 unspecified atom stereocenters. The highest BCUT2D eigenvalue weighted by Gasteiger charge is 2.42. The monoisotopic (exact) mass is 251 g/mol. The van der Waals surface area contributed by atoms with Gasteiger partial charge in [0, 0.05) is 12.2 Å². The molecule has 0 bridgehead atoms. The molecule has 4 N–H and O–H groups in total. The van der Waals surface area contributed by atoms with Gasteiger partial charge in [0.2, 0.25) is 0 Å². The van der Waals surface area contributed by atoms with E-state index in [1.807, 2.05) is 0 Å². The number of nitrogens with one attached hydrogen (secondary N) is 1. The van der Waals surface area contributed by atoms with Crippen molar-refractivity contribution in [2.45, 2.75) is 50.2 Å². The summed E-state index contributed by atoms with van der Waals surface area (Å²) in [7, 11) is 0. The summed E-state index contributed by atoms with van der Waals surface area (Å²) >= 11 is 0. The SMILES string of the molecule is Nc1[nH]ncc1C(O)C1CCOC2(CCCC2)C1. The Morgan fingerprint density at radius 3 is 2.94 bits per heavy atom. The predicted molar refractivity (Wildman–Crippen MR) is 67.8 cm³/mol. The van der Waals surface area contributed by atoms with Crippen molar-refractivity contribution in [2.75, 3.05) is 12.3 Å². The number of H-pyrrole nitrogens is 1. The smallest absolute Gasteiger partial charge is 0.124 e. The van der Waals surface area contributed by atoms with Crippen LogP contribution in [0, 0.1) is 5.92 Å². The number of rotatable bonds is 2. The van der Waals surface area contributed by atoms with E-state index in [1.54, 1.807) is 6.20 Å². The minimum absolute atomic E-state index is 0.0302. The van der Waals surface area contributed by atoms with E-state index in [1.165, 1.54) is 12.8 Å². The lowest BCUT2D eigenvalue weighted by atomic mass is 9.80. The van der Waals surface area contributed by atoms with E-state index in [0.29, 0.717) is 5.82 Å². The molecule has 1 saturated carbocycles. The van der Waals surface area contributed by atoms with E-state index in [2.05, 4.69) is 10.2 Å². The molecule has 5 nitrogen and oxygen atoms in total. The maximum absolute atomic E-state index is 10.5. The molecule has 0 aromatic carbocycles. The normalized spacial score (nSPS) is 28.6. The molecule has 3 rings (SSSR count). The first-order valence-corrected chi connectivity index (χ1v) is 6.81. The van der Waals surface area contributed by atoms with E-state index >= 15 is 0 Å². The van der Waals surface area contributed by atoms with E-state index in [0.717, 1.165) is 37.9 Å². The van der Waals surface area contributed by atoms with Gasteiger partial charge in [-0.1, -0.05) is 12.8 Å². The first-order valence-electron chi connectivity index (χ1n) is 6.81. The van der Waals surface area contributed by atoms with Crippen LogP contribution in [-0.2, 0) is 4.74 Å². The molecule has 1 saturated heterocycles. The largest absolute Gasteiger partial charge is 0.388 e. The molecule has 1 aliphatic heterocycles. The van der Waals surface area contributed by atoms with Gasteiger partial charge in [-0.2, -0.15) is 5.10 Å². The van der Waals surface area contributed by atoms with Crippen LogP contribution in [0.1, 0.15) is 50.2 Å². The fraction of sp³-hybridized carbons (Fsp3) is 0.769. The Balaban J connectivity index is 1.74. The molecule has 1 aliphatic carbocycles. The molecule has 5 heteroatoms. The summed E-state index contributed by atoms with van der Waals surface area (Å²) in [5.74, 6) is 0.714. The van der Waals surface area contributed by atoms with Crippen LogP contribution >= 0.6 is 0 Å². The molecule has 0 radical (unpaired) electrons. The molecule has 2 fully saturated rings. The fourth-order valence-corrected chi connectivity index (χ4v) is 3.50. The molecule has 18 heavy (non-hydrogen) atoms. The molecule has 2 heterocycles. The lowest BCUT2D eigenvalue weighted by molar-refractivity contribution is -0.113. The zero-order valence-corrected chi connectivity index (χ0v) is 10.6. The average Bonchev–Trinajstić information content (AvgIpc) is 2.98. The third kappa shape index (κ3) is 2.01. The summed E-state index contributed by atoms with van der Waals surface area (Å²) in [6.07, 6.45) is 7.72. The van der Waals surface area contributed by atoms with Crippen molar-refractivity contribution in [1.82, 2.24) is 10.2 Å². The molecule has 2 aliphatic rings. The predicted octanol–water partition coefficient (Wildman–Crippen LogP) is 1.76. The number of ether oxygens (including phenoxy) is 1. The lowest BCUT2D eigenvalue weighted by Gasteiger charge is -2.40. The van der Waals surface area contributed by atoms with E-state index in [9.17, 15) is 5.11 Å². The topological polar surface area (TPSA) is 84.2 Å². The second-order valence-electron chi connectivity index (χ2n) is 5.68. The van der Waals surface area contributed by atoms with Crippen LogP contribution in [0.4, 0.5) is 5.82 Å². The van der Waals surface area contributed by atoms with Gasteiger partial charge in [0.1, 0.15) is 5.82 Å². The quantitative estimate of drug-likeness (QED) is 0.748. The number of nitrogen functional groups attached to an aromatic ring is 1. The Bertz CT molecular complexity index is 412. The molecule has 100 valence electrons. The van der Waals surface area contributed by atoms with Crippen molar-refractivity contribution < 1.29 is 9.84 Å². The second kappa shape index (κ2) is 4.55. The Labute approximate surface area is 107 Å². The molecule has 2 atom stereocenters. The summed E-state index contributed by atoms with van der Waals surface area (Å²) in [4.78, 5) is 0. The van der Waals surface area contributed by atoms with Gasteiger partial charge in [0.05, 0.1) is 17.9 Å². The van der Waals surface area contributed by atoms with Gasteiger partial charge in [-0.3, -0.25) is 5.10 Å². The van der Waals surface area contributed by atoms with Crippen molar-refractivity contribution in [1.29, 1.82) is 0 Å². The number of aromatic nitrogens is 2. The van der Waals surface area contributed by atoms with Crippen LogP contribution in [0.5, 0.6) is 0 Å². The zero-order chi connectivity index (χ0) is 12.6. The molecule has 0 amide bonds. The highest BCUT2D eigenvalue weighted by atomic mass is 16.5. The Hall–Kier alpha value is -1.07. The summed E-state index contributed by atoms with van der Waals surface area (Å²) in [5, 5.41) is 17.0. The number of aliphatic hydroxyl groups excluding tert-OH is 1. The molecular formula is C13H21N3O2. The van der Waals surface area contributed by atoms with Crippen molar-refractivity contribution in [3.63, 3.8) is 0 Å². The van der Waals surface area contributed by atoms with Gasteiger partial charge >= 0.3 is 0 Å². The van der Waals surface area contributed by atoms with E-state index in [-0.39, 0.29) is 11.5 Å². The molecular weight excluding hydrogens is 230 g/mol. The zero-order valence-electron chi connectivity index (χ0n) is 10.6. The summed E-state index contributed by atoms with van der Waals surface area (Å²) < 4.78 is 5.99. The first kappa shape index (κ1) is 12.0. The van der Waals surface area contributed by atoms with Crippen molar-refractivity contribution in [2.24, 2.45) is 5.92 Å². The fourth-order valence-electron chi connectivity index (χ4n) is 3.50. The highest BCUT2D eigenvalue weighted by Crippen LogP contribution is 2.45.